The summed E-state index contributed by atoms with van der Waals surface area (Å²) in [7, 11) is 0. The minimum absolute atomic E-state index is 0.630. The van der Waals surface area contributed by atoms with Crippen molar-refractivity contribution in [3.63, 3.8) is 0 Å². The van der Waals surface area contributed by atoms with Gasteiger partial charge < -0.3 is 4.57 Å². The molecule has 0 saturated carbocycles. The Labute approximate surface area is 363 Å². The largest absolute Gasteiger partial charge is 0.309 e. The van der Waals surface area contributed by atoms with E-state index in [2.05, 4.69) is 162 Å². The fraction of sp³-hybridized carbons (Fsp3) is 0. The van der Waals surface area contributed by atoms with Gasteiger partial charge in [0.2, 0.25) is 0 Å². The maximum atomic E-state index is 5.05. The van der Waals surface area contributed by atoms with Crippen LogP contribution in [0.2, 0.25) is 0 Å². The van der Waals surface area contributed by atoms with E-state index < -0.39 is 0 Å². The molecule has 4 heteroatoms. The van der Waals surface area contributed by atoms with Crippen LogP contribution in [-0.2, 0) is 0 Å². The molecule has 63 heavy (non-hydrogen) atoms. The SMILES string of the molecule is c1ccc(-c2nc(-c3ccccc3)nc(-c3ccc(-n4c5ccc6ccccc6c5c5cc6ccccc6c(-c6ccc7c8ccccc8c8ccccc8c7c6)c54)cc3)n2)cc1. The van der Waals surface area contributed by atoms with Crippen LogP contribution < -0.4 is 0 Å². The van der Waals surface area contributed by atoms with Crippen molar-refractivity contribution in [2.24, 2.45) is 0 Å². The Hall–Kier alpha value is -8.47. The summed E-state index contributed by atoms with van der Waals surface area (Å²) in [6.45, 7) is 0. The monoisotopic (exact) mass is 800 g/mol. The molecule has 13 aromatic rings. The van der Waals surface area contributed by atoms with Crippen LogP contribution in [0.15, 0.2) is 218 Å². The Morgan fingerprint density at radius 3 is 1.35 bits per heavy atom. The number of rotatable bonds is 5. The van der Waals surface area contributed by atoms with Crippen LogP contribution in [0, 0.1) is 0 Å². The summed E-state index contributed by atoms with van der Waals surface area (Å²) in [4.78, 5) is 15.0. The Morgan fingerprint density at radius 1 is 0.286 bits per heavy atom. The molecule has 0 unspecified atom stereocenters. The van der Waals surface area contributed by atoms with E-state index in [1.165, 1.54) is 81.3 Å². The van der Waals surface area contributed by atoms with Crippen molar-refractivity contribution in [2.75, 3.05) is 0 Å². The van der Waals surface area contributed by atoms with Crippen molar-refractivity contribution in [3.8, 4) is 51.0 Å². The second-order valence-electron chi connectivity index (χ2n) is 16.3. The van der Waals surface area contributed by atoms with Gasteiger partial charge in [0.25, 0.3) is 0 Å². The molecule has 0 fully saturated rings. The van der Waals surface area contributed by atoms with Crippen molar-refractivity contribution in [3.05, 3.63) is 218 Å². The molecule has 13 rings (SSSR count). The maximum absolute atomic E-state index is 5.05. The van der Waals surface area contributed by atoms with E-state index in [9.17, 15) is 0 Å². The fourth-order valence-electron chi connectivity index (χ4n) is 9.93. The Morgan fingerprint density at radius 2 is 0.746 bits per heavy atom. The highest BCUT2D eigenvalue weighted by atomic mass is 15.0. The quantitative estimate of drug-likeness (QED) is 0.163. The standard InChI is InChI=1S/C59H36N4/c1-3-16-38(17-4-1)57-60-58(39-18-5-2-6-19-39)62-59(61-57)40-27-31-43(32-28-40)63-53-34-30-37-15-7-9-21-44(37)55(53)52-35-41-20-8-10-22-45(41)54(56(52)63)42-29-33-50-48-25-12-11-23-46(48)47-24-13-14-26-49(47)51(50)36-42/h1-36H. The summed E-state index contributed by atoms with van der Waals surface area (Å²) < 4.78 is 2.48. The number of benzene rings is 11. The molecular weight excluding hydrogens is 765 g/mol. The molecule has 0 N–H and O–H groups in total. The number of fused-ring (bicyclic) bond motifs is 12. The van der Waals surface area contributed by atoms with Gasteiger partial charge in [0.15, 0.2) is 17.5 Å². The van der Waals surface area contributed by atoms with Crippen molar-refractivity contribution in [2.45, 2.75) is 0 Å². The summed E-state index contributed by atoms with van der Waals surface area (Å²) in [6.07, 6.45) is 0. The molecule has 0 aliphatic rings. The smallest absolute Gasteiger partial charge is 0.164 e. The number of nitrogens with zero attached hydrogens (tertiary/aromatic N) is 4. The molecule has 2 aromatic heterocycles. The first-order valence-electron chi connectivity index (χ1n) is 21.4. The molecule has 0 aliphatic carbocycles. The fourth-order valence-corrected chi connectivity index (χ4v) is 9.93. The third-order valence-electron chi connectivity index (χ3n) is 12.8. The average Bonchev–Trinajstić information content (AvgIpc) is 3.70. The van der Waals surface area contributed by atoms with Crippen LogP contribution in [0.4, 0.5) is 0 Å². The van der Waals surface area contributed by atoms with Gasteiger partial charge in [-0.25, -0.2) is 15.0 Å². The highest BCUT2D eigenvalue weighted by molar-refractivity contribution is 6.29. The molecule has 11 aromatic carbocycles. The van der Waals surface area contributed by atoms with E-state index in [0.29, 0.717) is 17.5 Å². The Balaban J connectivity index is 1.09. The predicted molar refractivity (Wildman–Crippen MR) is 263 cm³/mol. The maximum Gasteiger partial charge on any atom is 0.164 e. The molecule has 4 nitrogen and oxygen atoms in total. The predicted octanol–water partition coefficient (Wildman–Crippen LogP) is 15.4. The van der Waals surface area contributed by atoms with Crippen LogP contribution in [0.25, 0.3) is 127 Å². The minimum atomic E-state index is 0.630. The number of hydrogen-bond donors (Lipinski definition) is 0. The average molecular weight is 801 g/mol. The van der Waals surface area contributed by atoms with Gasteiger partial charge in [-0.05, 0) is 102 Å². The highest BCUT2D eigenvalue weighted by Gasteiger charge is 2.22. The zero-order chi connectivity index (χ0) is 41.4. The third-order valence-corrected chi connectivity index (χ3v) is 12.8. The second-order valence-corrected chi connectivity index (χ2v) is 16.3. The van der Waals surface area contributed by atoms with E-state index in [1.54, 1.807) is 0 Å². The van der Waals surface area contributed by atoms with Gasteiger partial charge in [-0.2, -0.15) is 0 Å². The lowest BCUT2D eigenvalue weighted by atomic mass is 9.89. The zero-order valence-corrected chi connectivity index (χ0v) is 34.1. The normalized spacial score (nSPS) is 11.8. The van der Waals surface area contributed by atoms with Gasteiger partial charge in [0, 0.05) is 38.7 Å². The van der Waals surface area contributed by atoms with Crippen LogP contribution >= 0.6 is 0 Å². The summed E-state index contributed by atoms with van der Waals surface area (Å²) in [5.41, 5.74) is 8.60. The highest BCUT2D eigenvalue weighted by Crippen LogP contribution is 2.46. The van der Waals surface area contributed by atoms with Gasteiger partial charge in [-0.15, -0.1) is 0 Å². The van der Waals surface area contributed by atoms with Crippen LogP contribution in [0.1, 0.15) is 0 Å². The molecular formula is C59H36N4. The lowest BCUT2D eigenvalue weighted by Gasteiger charge is -2.16. The summed E-state index contributed by atoms with van der Waals surface area (Å²) in [5, 5.41) is 14.9. The third kappa shape index (κ3) is 5.59. The van der Waals surface area contributed by atoms with Gasteiger partial charge in [0.05, 0.1) is 11.0 Å². The molecule has 0 spiro atoms. The summed E-state index contributed by atoms with van der Waals surface area (Å²) in [5.74, 6) is 1.92. The van der Waals surface area contributed by atoms with Crippen molar-refractivity contribution in [1.82, 2.24) is 19.5 Å². The van der Waals surface area contributed by atoms with Gasteiger partial charge in [0.1, 0.15) is 0 Å². The molecule has 0 saturated heterocycles. The molecule has 0 aliphatic heterocycles. The van der Waals surface area contributed by atoms with E-state index >= 15 is 0 Å². The van der Waals surface area contributed by atoms with Gasteiger partial charge in [-0.1, -0.05) is 176 Å². The molecule has 0 atom stereocenters. The zero-order valence-electron chi connectivity index (χ0n) is 34.1. The van der Waals surface area contributed by atoms with E-state index in [-0.39, 0.29) is 0 Å². The van der Waals surface area contributed by atoms with E-state index in [1.807, 2.05) is 60.7 Å². The first-order chi connectivity index (χ1) is 31.2. The van der Waals surface area contributed by atoms with Crippen molar-refractivity contribution < 1.29 is 0 Å². The summed E-state index contributed by atoms with van der Waals surface area (Å²) in [6, 6.07) is 78.4. The van der Waals surface area contributed by atoms with Crippen LogP contribution in [0.3, 0.4) is 0 Å². The van der Waals surface area contributed by atoms with Crippen LogP contribution in [0.5, 0.6) is 0 Å². The van der Waals surface area contributed by atoms with Crippen LogP contribution in [-0.4, -0.2) is 19.5 Å². The molecule has 2 heterocycles. The van der Waals surface area contributed by atoms with Crippen molar-refractivity contribution in [1.29, 1.82) is 0 Å². The first kappa shape index (κ1) is 35.3. The van der Waals surface area contributed by atoms with Gasteiger partial charge >= 0.3 is 0 Å². The topological polar surface area (TPSA) is 43.6 Å². The van der Waals surface area contributed by atoms with E-state index in [4.69, 9.17) is 15.0 Å². The Bertz CT molecular complexity index is 3850. The number of aromatic nitrogens is 4. The van der Waals surface area contributed by atoms with Crippen molar-refractivity contribution >= 4 is 75.7 Å². The molecule has 0 bridgehead atoms. The lowest BCUT2D eigenvalue weighted by Crippen LogP contribution is -2.00. The molecule has 0 amide bonds. The lowest BCUT2D eigenvalue weighted by molar-refractivity contribution is 1.07. The Kier molecular flexibility index (Phi) is 7.87. The second kappa shape index (κ2) is 14.1. The number of hydrogen-bond acceptors (Lipinski definition) is 3. The first-order valence-corrected chi connectivity index (χ1v) is 21.4. The van der Waals surface area contributed by atoms with E-state index in [0.717, 1.165) is 27.9 Å². The molecule has 0 radical (unpaired) electrons. The molecule has 292 valence electrons. The summed E-state index contributed by atoms with van der Waals surface area (Å²) >= 11 is 0. The van der Waals surface area contributed by atoms with Gasteiger partial charge in [-0.3, -0.25) is 0 Å². The minimum Gasteiger partial charge on any atom is -0.309 e.